The Balaban J connectivity index is 1.45. The monoisotopic (exact) mass is 643 g/mol. The van der Waals surface area contributed by atoms with E-state index in [-0.39, 0.29) is 22.5 Å². The predicted molar refractivity (Wildman–Crippen MR) is 170 cm³/mol. The van der Waals surface area contributed by atoms with E-state index in [0.717, 1.165) is 0 Å². The van der Waals surface area contributed by atoms with Crippen molar-refractivity contribution in [1.82, 2.24) is 29.5 Å². The number of carbonyl (C=O) groups excluding carboxylic acids is 2. The van der Waals surface area contributed by atoms with Crippen molar-refractivity contribution in [2.24, 2.45) is 5.92 Å². The zero-order valence-electron chi connectivity index (χ0n) is 24.3. The molecule has 6 rings (SSSR count). The third kappa shape index (κ3) is 6.22. The average Bonchev–Trinajstić information content (AvgIpc) is 3.48. The number of halogens is 2. The molecule has 0 saturated carbocycles. The minimum Gasteiger partial charge on any atom is -0.465 e. The van der Waals surface area contributed by atoms with Crippen LogP contribution < -0.4 is 10.9 Å². The molecule has 2 aromatic carbocycles. The van der Waals surface area contributed by atoms with E-state index in [4.69, 9.17) is 27.9 Å². The van der Waals surface area contributed by atoms with Crippen LogP contribution in [0, 0.1) is 5.92 Å². The van der Waals surface area contributed by atoms with Crippen molar-refractivity contribution in [2.75, 3.05) is 12.4 Å². The average molecular weight is 645 g/mol. The third-order valence-electron chi connectivity index (χ3n) is 7.81. The molecule has 228 valence electrons. The van der Waals surface area contributed by atoms with Crippen LogP contribution in [0.5, 0.6) is 0 Å². The number of nitrogens with one attached hydrogen (secondary N) is 1. The van der Waals surface area contributed by atoms with Crippen molar-refractivity contribution in [3.8, 4) is 28.1 Å². The number of anilines is 1. The number of hydrogen-bond acceptors (Lipinski definition) is 8. The first kappa shape index (κ1) is 30.2. The maximum absolute atomic E-state index is 13.8. The Morgan fingerprint density at radius 3 is 2.60 bits per heavy atom. The SMILES string of the molecule is COC(=O)c1ccc2c(c1)-c1ccnc(c1)C(n1cnc(-c3cc(Cl)ccc3-n3cc(Cl)nn3)cc1=O)CCCC(C)C(=O)N2. The van der Waals surface area contributed by atoms with Crippen molar-refractivity contribution in [3.63, 3.8) is 0 Å². The molecule has 1 N–H and O–H groups in total. The van der Waals surface area contributed by atoms with Gasteiger partial charge in [-0.3, -0.25) is 19.1 Å². The number of aromatic nitrogens is 6. The van der Waals surface area contributed by atoms with Gasteiger partial charge >= 0.3 is 5.97 Å². The van der Waals surface area contributed by atoms with Crippen LogP contribution in [0.4, 0.5) is 5.69 Å². The maximum atomic E-state index is 13.8. The Labute approximate surface area is 267 Å². The summed E-state index contributed by atoms with van der Waals surface area (Å²) in [6.45, 7) is 1.86. The number of ether oxygens (including phenoxy) is 1. The molecule has 11 nitrogen and oxygen atoms in total. The highest BCUT2D eigenvalue weighted by Crippen LogP contribution is 2.34. The molecule has 4 heterocycles. The number of carbonyl (C=O) groups is 2. The second-order valence-electron chi connectivity index (χ2n) is 10.7. The van der Waals surface area contributed by atoms with Crippen LogP contribution in [0.15, 0.2) is 78.1 Å². The highest BCUT2D eigenvalue weighted by atomic mass is 35.5. The summed E-state index contributed by atoms with van der Waals surface area (Å²) in [5.74, 6) is -0.931. The molecule has 13 heteroatoms. The molecule has 1 aliphatic rings. The number of rotatable bonds is 4. The molecule has 2 bridgehead atoms. The lowest BCUT2D eigenvalue weighted by Crippen LogP contribution is -2.27. The normalized spacial score (nSPS) is 16.6. The number of methoxy groups -OCH3 is 1. The van der Waals surface area contributed by atoms with E-state index in [1.165, 1.54) is 24.2 Å². The van der Waals surface area contributed by atoms with E-state index in [0.29, 0.717) is 69.3 Å². The van der Waals surface area contributed by atoms with E-state index in [1.54, 1.807) is 59.4 Å². The fraction of sp³-hybridized carbons (Fsp3) is 0.219. The molecule has 3 aromatic heterocycles. The minimum atomic E-state index is -0.497. The first-order chi connectivity index (χ1) is 21.7. The first-order valence-electron chi connectivity index (χ1n) is 14.2. The standard InChI is InChI=1S/C32H27Cl2N7O4/c1-18-4-3-5-28(26-13-19(10-11-35-26)22-12-20(32(44)45-2)6-8-24(22)37-31(18)43)40-17-36-25(15-30(40)42)23-14-21(33)7-9-27(23)41-16-29(34)38-39-41/h6-18,28H,3-5H2,1-2H3,(H,37,43). The number of pyridine rings is 1. The smallest absolute Gasteiger partial charge is 0.337 e. The molecule has 0 radical (unpaired) electrons. The lowest BCUT2D eigenvalue weighted by Gasteiger charge is -2.23. The number of benzene rings is 2. The van der Waals surface area contributed by atoms with Crippen LogP contribution in [0.2, 0.25) is 10.2 Å². The van der Waals surface area contributed by atoms with E-state index >= 15 is 0 Å². The number of esters is 1. The second kappa shape index (κ2) is 12.6. The van der Waals surface area contributed by atoms with Gasteiger partial charge in [0.2, 0.25) is 5.91 Å². The van der Waals surface area contributed by atoms with Crippen LogP contribution >= 0.6 is 23.2 Å². The van der Waals surface area contributed by atoms with Crippen molar-refractivity contribution in [1.29, 1.82) is 0 Å². The van der Waals surface area contributed by atoms with Gasteiger partial charge in [0.1, 0.15) is 0 Å². The van der Waals surface area contributed by atoms with Gasteiger partial charge in [-0.05, 0) is 66.9 Å². The Morgan fingerprint density at radius 1 is 1.00 bits per heavy atom. The van der Waals surface area contributed by atoms with Gasteiger partial charge in [0.25, 0.3) is 5.56 Å². The summed E-state index contributed by atoms with van der Waals surface area (Å²) < 4.78 is 7.96. The molecule has 45 heavy (non-hydrogen) atoms. The zero-order chi connectivity index (χ0) is 31.7. The summed E-state index contributed by atoms with van der Waals surface area (Å²) >= 11 is 12.3. The lowest BCUT2D eigenvalue weighted by atomic mass is 9.94. The number of hydrogen-bond donors (Lipinski definition) is 1. The Morgan fingerprint density at radius 2 is 1.84 bits per heavy atom. The van der Waals surface area contributed by atoms with Gasteiger partial charge in [0.15, 0.2) is 5.15 Å². The molecule has 2 unspecified atom stereocenters. The van der Waals surface area contributed by atoms with Crippen molar-refractivity contribution in [3.05, 3.63) is 105 Å². The number of amides is 1. The van der Waals surface area contributed by atoms with Gasteiger partial charge in [0, 0.05) is 40.0 Å². The summed E-state index contributed by atoms with van der Waals surface area (Å²) in [5, 5.41) is 11.6. The van der Waals surface area contributed by atoms with Crippen molar-refractivity contribution in [2.45, 2.75) is 32.2 Å². The minimum absolute atomic E-state index is 0.136. The van der Waals surface area contributed by atoms with Crippen LogP contribution in [0.25, 0.3) is 28.1 Å². The summed E-state index contributed by atoms with van der Waals surface area (Å²) in [6, 6.07) is 14.8. The summed E-state index contributed by atoms with van der Waals surface area (Å²) in [4.78, 5) is 48.6. The summed E-state index contributed by atoms with van der Waals surface area (Å²) in [5.41, 5.74) is 4.14. The first-order valence-corrected chi connectivity index (χ1v) is 14.9. The molecule has 1 amide bonds. The largest absolute Gasteiger partial charge is 0.465 e. The highest BCUT2D eigenvalue weighted by Gasteiger charge is 2.24. The van der Waals surface area contributed by atoms with Crippen LogP contribution in [0.3, 0.4) is 0 Å². The van der Waals surface area contributed by atoms with Crippen LogP contribution in [-0.2, 0) is 9.53 Å². The van der Waals surface area contributed by atoms with E-state index in [2.05, 4.69) is 25.6 Å². The fourth-order valence-electron chi connectivity index (χ4n) is 5.43. The second-order valence-corrected chi connectivity index (χ2v) is 11.5. The Hall–Kier alpha value is -4.87. The molecule has 1 aliphatic heterocycles. The quantitative estimate of drug-likeness (QED) is 0.236. The molecule has 0 spiro atoms. The highest BCUT2D eigenvalue weighted by molar-refractivity contribution is 6.31. The maximum Gasteiger partial charge on any atom is 0.337 e. The molecular formula is C32H27Cl2N7O4. The summed E-state index contributed by atoms with van der Waals surface area (Å²) in [6.07, 6.45) is 6.47. The lowest BCUT2D eigenvalue weighted by molar-refractivity contribution is -0.119. The predicted octanol–water partition coefficient (Wildman–Crippen LogP) is 5.99. The van der Waals surface area contributed by atoms with Crippen LogP contribution in [-0.4, -0.2) is 48.5 Å². The van der Waals surface area contributed by atoms with Crippen molar-refractivity contribution >= 4 is 40.8 Å². The van der Waals surface area contributed by atoms with Gasteiger partial charge in [-0.25, -0.2) is 14.5 Å². The van der Waals surface area contributed by atoms with Crippen molar-refractivity contribution < 1.29 is 14.3 Å². The fourth-order valence-corrected chi connectivity index (χ4v) is 5.73. The van der Waals surface area contributed by atoms with Gasteiger partial charge in [0.05, 0.1) is 48.3 Å². The van der Waals surface area contributed by atoms with Crippen LogP contribution in [0.1, 0.15) is 48.3 Å². The number of nitrogens with zero attached hydrogens (tertiary/aromatic N) is 6. The van der Waals surface area contributed by atoms with Gasteiger partial charge in [-0.15, -0.1) is 5.10 Å². The van der Waals surface area contributed by atoms with E-state index in [9.17, 15) is 14.4 Å². The van der Waals surface area contributed by atoms with Gasteiger partial charge in [-0.1, -0.05) is 41.8 Å². The van der Waals surface area contributed by atoms with E-state index in [1.807, 2.05) is 13.0 Å². The van der Waals surface area contributed by atoms with E-state index < -0.39 is 12.0 Å². The Bertz CT molecular complexity index is 1990. The molecule has 0 aliphatic carbocycles. The van der Waals surface area contributed by atoms with Gasteiger partial charge < -0.3 is 10.1 Å². The molecule has 0 fully saturated rings. The zero-order valence-corrected chi connectivity index (χ0v) is 25.8. The third-order valence-corrected chi connectivity index (χ3v) is 8.22. The topological polar surface area (TPSA) is 134 Å². The molecule has 5 aromatic rings. The molecule has 2 atom stereocenters. The molecule has 0 saturated heterocycles. The Kier molecular flexibility index (Phi) is 8.46. The number of fused-ring (bicyclic) bond motifs is 4. The summed E-state index contributed by atoms with van der Waals surface area (Å²) in [7, 11) is 1.31. The van der Waals surface area contributed by atoms with Gasteiger partial charge in [-0.2, -0.15) is 0 Å². The molecular weight excluding hydrogens is 617 g/mol.